The van der Waals surface area contributed by atoms with E-state index in [-0.39, 0.29) is 17.9 Å². The molecule has 1 aromatic heterocycles. The first-order chi connectivity index (χ1) is 15.0. The molecule has 160 valence electrons. The van der Waals surface area contributed by atoms with Gasteiger partial charge < -0.3 is 19.8 Å². The maximum Gasteiger partial charge on any atom is 0.257 e. The second kappa shape index (κ2) is 8.85. The molecule has 0 saturated carbocycles. The number of carbonyl (C=O) groups excluding carboxylic acids is 1. The van der Waals surface area contributed by atoms with Gasteiger partial charge in [-0.3, -0.25) is 9.59 Å². The number of aryl methyl sites for hydroxylation is 1. The van der Waals surface area contributed by atoms with Gasteiger partial charge in [-0.2, -0.15) is 0 Å². The minimum absolute atomic E-state index is 0.135. The maximum atomic E-state index is 13.0. The van der Waals surface area contributed by atoms with Gasteiger partial charge >= 0.3 is 0 Å². The highest BCUT2D eigenvalue weighted by atomic mass is 32.2. The Hall–Kier alpha value is -3.26. The lowest BCUT2D eigenvalue weighted by atomic mass is 9.86. The van der Waals surface area contributed by atoms with Crippen LogP contribution in [-0.4, -0.2) is 30.1 Å². The van der Waals surface area contributed by atoms with Crippen LogP contribution in [0.1, 0.15) is 34.6 Å². The van der Waals surface area contributed by atoms with E-state index in [1.54, 1.807) is 26.4 Å². The van der Waals surface area contributed by atoms with Gasteiger partial charge in [0.05, 0.1) is 19.8 Å². The Bertz CT molecular complexity index is 1190. The van der Waals surface area contributed by atoms with Crippen molar-refractivity contribution in [1.29, 1.82) is 0 Å². The average molecular weight is 438 g/mol. The summed E-state index contributed by atoms with van der Waals surface area (Å²) < 4.78 is 10.8. The number of hydrogen-bond acceptors (Lipinski definition) is 6. The largest absolute Gasteiger partial charge is 0.497 e. The molecule has 1 amide bonds. The summed E-state index contributed by atoms with van der Waals surface area (Å²) in [4.78, 5) is 32.9. The van der Waals surface area contributed by atoms with E-state index in [1.165, 1.54) is 17.3 Å². The van der Waals surface area contributed by atoms with Crippen LogP contribution < -0.4 is 20.3 Å². The summed E-state index contributed by atoms with van der Waals surface area (Å²) in [5.41, 5.74) is 3.22. The second-order valence-electron chi connectivity index (χ2n) is 7.32. The van der Waals surface area contributed by atoms with E-state index in [0.717, 1.165) is 11.1 Å². The second-order valence-corrected chi connectivity index (χ2v) is 8.29. The van der Waals surface area contributed by atoms with Crippen LogP contribution in [0, 0.1) is 6.92 Å². The topological polar surface area (TPSA) is 93.3 Å². The highest BCUT2D eigenvalue weighted by molar-refractivity contribution is 7.98. The maximum absolute atomic E-state index is 13.0. The molecule has 1 atom stereocenters. The molecule has 0 unspecified atom stereocenters. The average Bonchev–Trinajstić information content (AvgIpc) is 2.76. The monoisotopic (exact) mass is 437 g/mol. The number of aromatic amines is 1. The molecule has 8 heteroatoms. The van der Waals surface area contributed by atoms with Crippen molar-refractivity contribution >= 4 is 23.5 Å². The van der Waals surface area contributed by atoms with Crippen LogP contribution in [0.4, 0.5) is 5.82 Å². The van der Waals surface area contributed by atoms with E-state index in [9.17, 15) is 9.59 Å². The highest BCUT2D eigenvalue weighted by Crippen LogP contribution is 2.40. The minimum atomic E-state index is -0.461. The van der Waals surface area contributed by atoms with Crippen LogP contribution in [-0.2, 0) is 10.5 Å². The van der Waals surface area contributed by atoms with Crippen LogP contribution >= 0.6 is 11.8 Å². The normalized spacial score (nSPS) is 15.2. The molecule has 4 rings (SSSR count). The van der Waals surface area contributed by atoms with E-state index in [1.807, 2.05) is 31.2 Å². The number of carbonyl (C=O) groups is 1. The summed E-state index contributed by atoms with van der Waals surface area (Å²) in [6, 6.07) is 13.5. The van der Waals surface area contributed by atoms with Crippen molar-refractivity contribution in [3.63, 3.8) is 0 Å². The van der Waals surface area contributed by atoms with Crippen molar-refractivity contribution < 1.29 is 14.3 Å². The van der Waals surface area contributed by atoms with E-state index >= 15 is 0 Å². The first-order valence-electron chi connectivity index (χ1n) is 9.83. The summed E-state index contributed by atoms with van der Waals surface area (Å²) in [5.74, 6) is 1.50. The van der Waals surface area contributed by atoms with Gasteiger partial charge in [-0.15, -0.1) is 0 Å². The molecule has 0 radical (unpaired) electrons. The van der Waals surface area contributed by atoms with Crippen LogP contribution in [0.25, 0.3) is 0 Å². The lowest BCUT2D eigenvalue weighted by Crippen LogP contribution is -2.31. The molecule has 31 heavy (non-hydrogen) atoms. The predicted octanol–water partition coefficient (Wildman–Crippen LogP) is 3.86. The zero-order chi connectivity index (χ0) is 22.0. The van der Waals surface area contributed by atoms with Gasteiger partial charge in [0.15, 0.2) is 5.16 Å². The Morgan fingerprint density at radius 3 is 2.71 bits per heavy atom. The molecule has 1 aliphatic rings. The summed E-state index contributed by atoms with van der Waals surface area (Å²) in [5, 5.41) is 3.22. The molecule has 0 saturated heterocycles. The third kappa shape index (κ3) is 4.44. The van der Waals surface area contributed by atoms with Crippen LogP contribution in [0.5, 0.6) is 11.5 Å². The number of aromatic nitrogens is 2. The molecule has 0 bridgehead atoms. The number of H-pyrrole nitrogens is 1. The number of anilines is 1. The SMILES string of the molecule is COc1ccc([C@@H]2CC(=O)Nc3nc(SCc4cccc(C)c4)[nH]c(=O)c32)c(OC)c1. The fourth-order valence-corrected chi connectivity index (χ4v) is 4.55. The number of fused-ring (bicyclic) bond motifs is 1. The lowest BCUT2D eigenvalue weighted by molar-refractivity contribution is -0.116. The van der Waals surface area contributed by atoms with Gasteiger partial charge in [0, 0.05) is 29.7 Å². The summed E-state index contributed by atoms with van der Waals surface area (Å²) in [6.45, 7) is 2.04. The molecular formula is C23H23N3O4S. The zero-order valence-electron chi connectivity index (χ0n) is 17.5. The van der Waals surface area contributed by atoms with Gasteiger partial charge in [-0.25, -0.2) is 4.98 Å². The summed E-state index contributed by atoms with van der Waals surface area (Å²) in [7, 11) is 3.12. The smallest absolute Gasteiger partial charge is 0.257 e. The Kier molecular flexibility index (Phi) is 5.99. The Morgan fingerprint density at radius 1 is 1.13 bits per heavy atom. The third-order valence-electron chi connectivity index (χ3n) is 5.20. The quantitative estimate of drug-likeness (QED) is 0.449. The predicted molar refractivity (Wildman–Crippen MR) is 120 cm³/mol. The van der Waals surface area contributed by atoms with Crippen molar-refractivity contribution in [2.24, 2.45) is 0 Å². The Balaban J connectivity index is 1.68. The lowest BCUT2D eigenvalue weighted by Gasteiger charge is -2.26. The fourth-order valence-electron chi connectivity index (χ4n) is 3.74. The number of nitrogens with one attached hydrogen (secondary N) is 2. The van der Waals surface area contributed by atoms with E-state index < -0.39 is 5.92 Å². The first kappa shape index (κ1) is 21.0. The van der Waals surface area contributed by atoms with Gasteiger partial charge in [0.1, 0.15) is 17.3 Å². The summed E-state index contributed by atoms with van der Waals surface area (Å²) in [6.07, 6.45) is 0.135. The number of methoxy groups -OCH3 is 2. The highest BCUT2D eigenvalue weighted by Gasteiger charge is 2.32. The number of rotatable bonds is 6. The van der Waals surface area contributed by atoms with Crippen LogP contribution in [0.3, 0.4) is 0 Å². The first-order valence-corrected chi connectivity index (χ1v) is 10.8. The molecular weight excluding hydrogens is 414 g/mol. The van der Waals surface area contributed by atoms with Crippen molar-refractivity contribution in [3.8, 4) is 11.5 Å². The molecule has 2 heterocycles. The van der Waals surface area contributed by atoms with E-state index in [0.29, 0.717) is 33.8 Å². The molecule has 0 aliphatic carbocycles. The molecule has 2 N–H and O–H groups in total. The van der Waals surface area contributed by atoms with Crippen LogP contribution in [0.2, 0.25) is 0 Å². The zero-order valence-corrected chi connectivity index (χ0v) is 18.3. The Labute approximate surface area is 184 Å². The standard InChI is InChI=1S/C23H23N3O4S/c1-13-5-4-6-14(9-13)12-31-23-25-21-20(22(28)26-23)17(11-19(27)24-21)16-8-7-15(29-2)10-18(16)30-3/h4-10,17H,11-12H2,1-3H3,(H2,24,25,26,27,28)/t17-/m0/s1. The van der Waals surface area contributed by atoms with E-state index in [4.69, 9.17) is 9.47 Å². The number of nitrogens with zero attached hydrogens (tertiary/aromatic N) is 1. The summed E-state index contributed by atoms with van der Waals surface area (Å²) >= 11 is 1.42. The third-order valence-corrected chi connectivity index (χ3v) is 6.15. The molecule has 0 fully saturated rings. The van der Waals surface area contributed by atoms with Gasteiger partial charge in [0.2, 0.25) is 5.91 Å². The van der Waals surface area contributed by atoms with Crippen molar-refractivity contribution in [2.75, 3.05) is 19.5 Å². The number of thioether (sulfide) groups is 1. The van der Waals surface area contributed by atoms with Gasteiger partial charge in [-0.1, -0.05) is 47.7 Å². The van der Waals surface area contributed by atoms with Crippen molar-refractivity contribution in [3.05, 3.63) is 75.1 Å². The van der Waals surface area contributed by atoms with E-state index in [2.05, 4.69) is 21.4 Å². The van der Waals surface area contributed by atoms with Crippen molar-refractivity contribution in [2.45, 2.75) is 30.2 Å². The molecule has 1 aliphatic heterocycles. The Morgan fingerprint density at radius 2 is 1.97 bits per heavy atom. The van der Waals surface area contributed by atoms with Crippen molar-refractivity contribution in [1.82, 2.24) is 9.97 Å². The van der Waals surface area contributed by atoms with Gasteiger partial charge in [-0.05, 0) is 18.6 Å². The number of amides is 1. The molecule has 3 aromatic rings. The van der Waals surface area contributed by atoms with Crippen LogP contribution in [0.15, 0.2) is 52.4 Å². The number of hydrogen-bond donors (Lipinski definition) is 2. The minimum Gasteiger partial charge on any atom is -0.497 e. The number of ether oxygens (including phenoxy) is 2. The molecule has 7 nitrogen and oxygen atoms in total. The number of benzene rings is 2. The molecule has 2 aromatic carbocycles. The van der Waals surface area contributed by atoms with Gasteiger partial charge in [0.25, 0.3) is 5.56 Å². The fraction of sp³-hybridized carbons (Fsp3) is 0.261. The molecule has 0 spiro atoms.